The summed E-state index contributed by atoms with van der Waals surface area (Å²) in [5.41, 5.74) is 3.11. The summed E-state index contributed by atoms with van der Waals surface area (Å²) >= 11 is 0. The molecule has 3 aromatic rings. The average Bonchev–Trinajstić information content (AvgIpc) is 3.21. The highest BCUT2D eigenvalue weighted by atomic mass is 19.1. The average molecular weight is 337 g/mol. The third-order valence-corrected chi connectivity index (χ3v) is 4.49. The van der Waals surface area contributed by atoms with Gasteiger partial charge < -0.3 is 5.32 Å². The highest BCUT2D eigenvalue weighted by molar-refractivity contribution is 5.95. The first-order valence-corrected chi connectivity index (χ1v) is 8.03. The Hall–Kier alpha value is -3.09. The summed E-state index contributed by atoms with van der Waals surface area (Å²) in [5, 5.41) is 14.0. The fraction of sp³-hybridized carbons (Fsp3) is 0.222. The van der Waals surface area contributed by atoms with Crippen LogP contribution in [0.1, 0.15) is 23.5 Å². The Kier molecular flexibility index (Phi) is 3.76. The smallest absolute Gasteiger partial charge is 0.228 e. The fourth-order valence-corrected chi connectivity index (χ4v) is 3.10. The van der Waals surface area contributed by atoms with E-state index in [0.29, 0.717) is 17.7 Å². The summed E-state index contributed by atoms with van der Waals surface area (Å²) in [4.78, 5) is 12.4. The fourth-order valence-electron chi connectivity index (χ4n) is 3.10. The van der Waals surface area contributed by atoms with Crippen LogP contribution in [0.25, 0.3) is 5.69 Å². The number of rotatable bonds is 4. The number of hydrogen-bond donors (Lipinski definition) is 1. The van der Waals surface area contributed by atoms with Crippen molar-refractivity contribution < 1.29 is 9.18 Å². The zero-order valence-electron chi connectivity index (χ0n) is 13.6. The van der Waals surface area contributed by atoms with Gasteiger partial charge in [0.2, 0.25) is 5.91 Å². The molecule has 1 amide bonds. The lowest BCUT2D eigenvalue weighted by atomic mass is 10.1. The van der Waals surface area contributed by atoms with Gasteiger partial charge in [0.1, 0.15) is 12.1 Å². The first kappa shape index (κ1) is 15.4. The molecule has 0 spiro atoms. The molecular formula is C18H16FN5O. The van der Waals surface area contributed by atoms with Gasteiger partial charge in [0.15, 0.2) is 0 Å². The van der Waals surface area contributed by atoms with Crippen LogP contribution in [0, 0.1) is 18.7 Å². The number of tetrazole rings is 1. The SMILES string of the molecule is Cc1cc(NC(=O)C2CC2c2ccccc2F)ccc1-n1cnnn1. The maximum atomic E-state index is 13.8. The van der Waals surface area contributed by atoms with Gasteiger partial charge in [0.25, 0.3) is 0 Å². The van der Waals surface area contributed by atoms with E-state index in [1.807, 2.05) is 25.1 Å². The highest BCUT2D eigenvalue weighted by Crippen LogP contribution is 2.48. The van der Waals surface area contributed by atoms with E-state index in [2.05, 4.69) is 20.8 Å². The topological polar surface area (TPSA) is 72.7 Å². The molecule has 0 radical (unpaired) electrons. The Labute approximate surface area is 143 Å². The Morgan fingerprint density at radius 1 is 1.28 bits per heavy atom. The molecule has 1 saturated carbocycles. The summed E-state index contributed by atoms with van der Waals surface area (Å²) < 4.78 is 15.4. The van der Waals surface area contributed by atoms with E-state index in [1.54, 1.807) is 22.9 Å². The lowest BCUT2D eigenvalue weighted by molar-refractivity contribution is -0.117. The van der Waals surface area contributed by atoms with Crippen LogP contribution in [0.2, 0.25) is 0 Å². The molecule has 4 rings (SSSR count). The van der Waals surface area contributed by atoms with E-state index in [-0.39, 0.29) is 23.6 Å². The van der Waals surface area contributed by atoms with E-state index in [1.165, 1.54) is 12.4 Å². The van der Waals surface area contributed by atoms with Crippen LogP contribution in [-0.4, -0.2) is 26.1 Å². The number of aryl methyl sites for hydroxylation is 1. The standard InChI is InChI=1S/C18H16FN5O/c1-11-8-12(6-7-17(11)24-10-20-22-23-24)21-18(25)15-9-14(15)13-4-2-3-5-16(13)19/h2-8,10,14-15H,9H2,1H3,(H,21,25). The van der Waals surface area contributed by atoms with Gasteiger partial charge in [-0.05, 0) is 65.1 Å². The molecule has 126 valence electrons. The number of nitrogens with zero attached hydrogens (tertiary/aromatic N) is 4. The number of benzene rings is 2. The number of nitrogens with one attached hydrogen (secondary N) is 1. The second-order valence-corrected chi connectivity index (χ2v) is 6.22. The number of hydrogen-bond acceptors (Lipinski definition) is 4. The minimum atomic E-state index is -0.246. The van der Waals surface area contributed by atoms with Crippen LogP contribution in [-0.2, 0) is 4.79 Å². The number of carbonyl (C=O) groups excluding carboxylic acids is 1. The number of aromatic nitrogens is 4. The van der Waals surface area contributed by atoms with Crippen LogP contribution in [0.4, 0.5) is 10.1 Å². The third-order valence-electron chi connectivity index (χ3n) is 4.49. The molecule has 2 atom stereocenters. The third kappa shape index (κ3) is 3.00. The van der Waals surface area contributed by atoms with Gasteiger partial charge in [-0.3, -0.25) is 4.79 Å². The van der Waals surface area contributed by atoms with Crippen molar-refractivity contribution in [2.75, 3.05) is 5.32 Å². The van der Waals surface area contributed by atoms with Crippen molar-refractivity contribution in [2.24, 2.45) is 5.92 Å². The predicted octanol–water partition coefficient (Wildman–Crippen LogP) is 2.85. The molecule has 7 heteroatoms. The van der Waals surface area contributed by atoms with Crippen molar-refractivity contribution in [3.8, 4) is 5.69 Å². The number of halogens is 1. The first-order valence-electron chi connectivity index (χ1n) is 8.03. The summed E-state index contributed by atoms with van der Waals surface area (Å²) in [6.45, 7) is 1.92. The molecule has 1 fully saturated rings. The minimum Gasteiger partial charge on any atom is -0.326 e. The largest absolute Gasteiger partial charge is 0.326 e. The molecule has 25 heavy (non-hydrogen) atoms. The molecular weight excluding hydrogens is 321 g/mol. The highest BCUT2D eigenvalue weighted by Gasteiger charge is 2.45. The van der Waals surface area contributed by atoms with Gasteiger partial charge in [0, 0.05) is 11.6 Å². The quantitative estimate of drug-likeness (QED) is 0.794. The predicted molar refractivity (Wildman–Crippen MR) is 89.8 cm³/mol. The molecule has 0 bridgehead atoms. The van der Waals surface area contributed by atoms with Crippen molar-refractivity contribution in [2.45, 2.75) is 19.3 Å². The molecule has 0 aliphatic heterocycles. The lowest BCUT2D eigenvalue weighted by Gasteiger charge is -2.09. The molecule has 2 unspecified atom stereocenters. The van der Waals surface area contributed by atoms with Gasteiger partial charge in [-0.25, -0.2) is 9.07 Å². The number of carbonyl (C=O) groups is 1. The lowest BCUT2D eigenvalue weighted by Crippen LogP contribution is -2.15. The van der Waals surface area contributed by atoms with E-state index in [0.717, 1.165) is 11.3 Å². The van der Waals surface area contributed by atoms with Gasteiger partial charge in [0.05, 0.1) is 5.69 Å². The van der Waals surface area contributed by atoms with Gasteiger partial charge in [-0.15, -0.1) is 5.10 Å². The molecule has 1 aliphatic carbocycles. The number of anilines is 1. The van der Waals surface area contributed by atoms with Crippen molar-refractivity contribution in [1.82, 2.24) is 20.2 Å². The molecule has 0 saturated heterocycles. The Bertz CT molecular complexity index is 925. The first-order chi connectivity index (χ1) is 12.1. The van der Waals surface area contributed by atoms with Crippen molar-refractivity contribution in [1.29, 1.82) is 0 Å². The minimum absolute atomic E-state index is 0.0391. The maximum absolute atomic E-state index is 13.8. The normalized spacial score (nSPS) is 18.8. The van der Waals surface area contributed by atoms with Gasteiger partial charge >= 0.3 is 0 Å². The van der Waals surface area contributed by atoms with E-state index in [9.17, 15) is 9.18 Å². The molecule has 1 heterocycles. The van der Waals surface area contributed by atoms with Gasteiger partial charge in [-0.2, -0.15) is 0 Å². The van der Waals surface area contributed by atoms with Crippen LogP contribution in [0.15, 0.2) is 48.8 Å². The zero-order chi connectivity index (χ0) is 17.4. The van der Waals surface area contributed by atoms with Crippen molar-refractivity contribution >= 4 is 11.6 Å². The maximum Gasteiger partial charge on any atom is 0.228 e. The van der Waals surface area contributed by atoms with Crippen LogP contribution in [0.3, 0.4) is 0 Å². The Balaban J connectivity index is 1.46. The molecule has 1 N–H and O–H groups in total. The van der Waals surface area contributed by atoms with Gasteiger partial charge in [-0.1, -0.05) is 18.2 Å². The van der Waals surface area contributed by atoms with E-state index < -0.39 is 0 Å². The molecule has 1 aliphatic rings. The Morgan fingerprint density at radius 2 is 2.12 bits per heavy atom. The number of amides is 1. The molecule has 6 nitrogen and oxygen atoms in total. The van der Waals surface area contributed by atoms with Crippen LogP contribution >= 0.6 is 0 Å². The second kappa shape index (κ2) is 6.08. The second-order valence-electron chi connectivity index (χ2n) is 6.22. The zero-order valence-corrected chi connectivity index (χ0v) is 13.6. The monoisotopic (exact) mass is 337 g/mol. The van der Waals surface area contributed by atoms with E-state index in [4.69, 9.17) is 0 Å². The summed E-state index contributed by atoms with van der Waals surface area (Å²) in [6, 6.07) is 12.2. The Morgan fingerprint density at radius 3 is 2.84 bits per heavy atom. The van der Waals surface area contributed by atoms with Crippen LogP contribution in [0.5, 0.6) is 0 Å². The summed E-state index contributed by atoms with van der Waals surface area (Å²) in [6.07, 6.45) is 2.19. The van der Waals surface area contributed by atoms with Crippen molar-refractivity contribution in [3.63, 3.8) is 0 Å². The molecule has 1 aromatic heterocycles. The summed E-state index contributed by atoms with van der Waals surface area (Å²) in [7, 11) is 0. The van der Waals surface area contributed by atoms with Crippen LogP contribution < -0.4 is 5.32 Å². The van der Waals surface area contributed by atoms with E-state index >= 15 is 0 Å². The molecule has 2 aromatic carbocycles. The van der Waals surface area contributed by atoms with Crippen molar-refractivity contribution in [3.05, 3.63) is 65.7 Å². The summed E-state index contributed by atoms with van der Waals surface area (Å²) in [5.74, 6) is -0.550.